The number of nitrogens with zero attached hydrogens (tertiary/aromatic N) is 1. The summed E-state index contributed by atoms with van der Waals surface area (Å²) < 4.78 is 69.6. The zero-order valence-electron chi connectivity index (χ0n) is 13.6. The van der Waals surface area contributed by atoms with Crippen LogP contribution in [0.2, 0.25) is 0 Å². The fraction of sp³-hybridized carbons (Fsp3) is 0.467. The third kappa shape index (κ3) is 3.98. The van der Waals surface area contributed by atoms with Crippen LogP contribution in [0.5, 0.6) is 0 Å². The van der Waals surface area contributed by atoms with Gasteiger partial charge < -0.3 is 9.84 Å². The number of carbonyl (C=O) groups is 2. The zero-order valence-corrected chi connectivity index (χ0v) is 14.4. The molecule has 1 aromatic carbocycles. The lowest BCUT2D eigenvalue weighted by Crippen LogP contribution is -2.34. The summed E-state index contributed by atoms with van der Waals surface area (Å²) in [5.41, 5.74) is -0.0747. The van der Waals surface area contributed by atoms with Gasteiger partial charge in [0.05, 0.1) is 28.9 Å². The Morgan fingerprint density at radius 3 is 2.46 bits per heavy atom. The second-order valence-electron chi connectivity index (χ2n) is 5.66. The van der Waals surface area contributed by atoms with Gasteiger partial charge in [-0.3, -0.25) is 4.79 Å². The SMILES string of the molecule is CCOC(=O)c1cccc(S(=O)(=O)N2C[C@@H](C(F)(F)F)[C@H](C(=O)O)C2)c1. The first-order valence-corrected chi connectivity index (χ1v) is 8.99. The molecule has 1 heterocycles. The number of sulfonamides is 1. The number of rotatable bonds is 5. The number of esters is 1. The first-order valence-electron chi connectivity index (χ1n) is 7.55. The monoisotopic (exact) mass is 395 g/mol. The van der Waals surface area contributed by atoms with Crippen LogP contribution in [0.4, 0.5) is 13.2 Å². The summed E-state index contributed by atoms with van der Waals surface area (Å²) in [4.78, 5) is 22.4. The molecule has 1 aliphatic heterocycles. The molecule has 0 aromatic heterocycles. The Morgan fingerprint density at radius 2 is 1.96 bits per heavy atom. The summed E-state index contributed by atoms with van der Waals surface area (Å²) in [6.45, 7) is -0.167. The second kappa shape index (κ2) is 7.23. The topological polar surface area (TPSA) is 101 Å². The molecule has 0 amide bonds. The molecule has 0 aliphatic carbocycles. The summed E-state index contributed by atoms with van der Waals surface area (Å²) in [6, 6.07) is 4.67. The fourth-order valence-corrected chi connectivity index (χ4v) is 4.23. The van der Waals surface area contributed by atoms with Crippen LogP contribution in [0.3, 0.4) is 0 Å². The van der Waals surface area contributed by atoms with Gasteiger partial charge in [0.15, 0.2) is 0 Å². The predicted octanol–water partition coefficient (Wildman–Crippen LogP) is 1.75. The van der Waals surface area contributed by atoms with Crippen molar-refractivity contribution in [2.45, 2.75) is 18.0 Å². The standard InChI is InChI=1S/C15H16F3NO6S/c1-2-25-14(22)9-4-3-5-10(6-9)26(23,24)19-7-11(13(20)21)12(8-19)15(16,17)18/h3-6,11-12H,2,7-8H2,1H3,(H,20,21)/t11-,12-/m1/s1. The average molecular weight is 395 g/mol. The van der Waals surface area contributed by atoms with E-state index < -0.39 is 58.0 Å². The molecule has 11 heteroatoms. The Bertz CT molecular complexity index is 808. The molecular formula is C15H16F3NO6S. The molecule has 0 unspecified atom stereocenters. The van der Waals surface area contributed by atoms with Crippen LogP contribution in [0.25, 0.3) is 0 Å². The molecule has 1 aromatic rings. The highest BCUT2D eigenvalue weighted by molar-refractivity contribution is 7.89. The van der Waals surface area contributed by atoms with Crippen molar-refractivity contribution in [1.82, 2.24) is 4.31 Å². The van der Waals surface area contributed by atoms with E-state index in [2.05, 4.69) is 0 Å². The molecule has 2 atom stereocenters. The minimum atomic E-state index is -4.85. The van der Waals surface area contributed by atoms with E-state index in [-0.39, 0.29) is 12.2 Å². The van der Waals surface area contributed by atoms with Crippen LogP contribution >= 0.6 is 0 Å². The lowest BCUT2D eigenvalue weighted by Gasteiger charge is -2.18. The molecule has 0 radical (unpaired) electrons. The first-order chi connectivity index (χ1) is 12.0. The lowest BCUT2D eigenvalue weighted by molar-refractivity contribution is -0.187. The van der Waals surface area contributed by atoms with Gasteiger partial charge in [-0.2, -0.15) is 17.5 Å². The highest BCUT2D eigenvalue weighted by atomic mass is 32.2. The van der Waals surface area contributed by atoms with Crippen molar-refractivity contribution in [2.75, 3.05) is 19.7 Å². The van der Waals surface area contributed by atoms with Crippen molar-refractivity contribution in [3.63, 3.8) is 0 Å². The number of benzene rings is 1. The second-order valence-corrected chi connectivity index (χ2v) is 7.60. The van der Waals surface area contributed by atoms with E-state index in [1.165, 1.54) is 12.1 Å². The number of hydrogen-bond acceptors (Lipinski definition) is 5. The number of hydrogen-bond donors (Lipinski definition) is 1. The van der Waals surface area contributed by atoms with Crippen molar-refractivity contribution in [3.8, 4) is 0 Å². The van der Waals surface area contributed by atoms with E-state index in [0.717, 1.165) is 12.1 Å². The van der Waals surface area contributed by atoms with E-state index in [1.807, 2.05) is 0 Å². The van der Waals surface area contributed by atoms with Crippen molar-refractivity contribution in [3.05, 3.63) is 29.8 Å². The van der Waals surface area contributed by atoms with Crippen LogP contribution in [0, 0.1) is 11.8 Å². The Kier molecular flexibility index (Phi) is 5.61. The molecule has 1 N–H and O–H groups in total. The van der Waals surface area contributed by atoms with Crippen molar-refractivity contribution < 1.29 is 41.0 Å². The molecule has 7 nitrogen and oxygen atoms in total. The summed E-state index contributed by atoms with van der Waals surface area (Å²) in [5, 5.41) is 8.99. The van der Waals surface area contributed by atoms with Gasteiger partial charge in [0.1, 0.15) is 0 Å². The molecule has 1 fully saturated rings. The first kappa shape index (κ1) is 20.2. The molecule has 1 aliphatic rings. The molecule has 26 heavy (non-hydrogen) atoms. The number of carboxylic acids is 1. The van der Waals surface area contributed by atoms with E-state index in [0.29, 0.717) is 4.31 Å². The number of alkyl halides is 3. The Labute approximate surface area is 147 Å². The van der Waals surface area contributed by atoms with Crippen LogP contribution in [-0.2, 0) is 19.6 Å². The molecule has 0 spiro atoms. The van der Waals surface area contributed by atoms with Crippen LogP contribution in [0.15, 0.2) is 29.2 Å². The largest absolute Gasteiger partial charge is 0.481 e. The summed E-state index contributed by atoms with van der Waals surface area (Å²) >= 11 is 0. The molecule has 0 bridgehead atoms. The Balaban J connectivity index is 2.35. The smallest absolute Gasteiger partial charge is 0.393 e. The minimum Gasteiger partial charge on any atom is -0.481 e. The highest BCUT2D eigenvalue weighted by Crippen LogP contribution is 2.39. The maximum Gasteiger partial charge on any atom is 0.393 e. The number of carbonyl (C=O) groups excluding carboxylic acids is 1. The van der Waals surface area contributed by atoms with E-state index in [9.17, 15) is 31.2 Å². The maximum atomic E-state index is 13.0. The van der Waals surface area contributed by atoms with Gasteiger partial charge in [-0.25, -0.2) is 13.2 Å². The third-order valence-corrected chi connectivity index (χ3v) is 5.83. The molecule has 2 rings (SSSR count). The molecule has 1 saturated heterocycles. The molecule has 144 valence electrons. The summed E-state index contributed by atoms with van der Waals surface area (Å²) in [5.74, 6) is -6.69. The van der Waals surface area contributed by atoms with Gasteiger partial charge in [-0.05, 0) is 25.1 Å². The van der Waals surface area contributed by atoms with Gasteiger partial charge in [-0.15, -0.1) is 0 Å². The van der Waals surface area contributed by atoms with E-state index in [1.54, 1.807) is 6.92 Å². The highest BCUT2D eigenvalue weighted by Gasteiger charge is 2.55. The Morgan fingerprint density at radius 1 is 1.31 bits per heavy atom. The summed E-state index contributed by atoms with van der Waals surface area (Å²) in [6.07, 6.45) is -4.85. The normalized spacial score (nSPS) is 21.5. The van der Waals surface area contributed by atoms with E-state index >= 15 is 0 Å². The minimum absolute atomic E-state index is 0.0650. The summed E-state index contributed by atoms with van der Waals surface area (Å²) in [7, 11) is -4.41. The fourth-order valence-electron chi connectivity index (χ4n) is 2.69. The van der Waals surface area contributed by atoms with Crippen molar-refractivity contribution in [1.29, 1.82) is 0 Å². The van der Waals surface area contributed by atoms with Crippen LogP contribution in [0.1, 0.15) is 17.3 Å². The quantitative estimate of drug-likeness (QED) is 0.763. The number of halogens is 3. The van der Waals surface area contributed by atoms with Gasteiger partial charge >= 0.3 is 18.1 Å². The van der Waals surface area contributed by atoms with Crippen molar-refractivity contribution in [2.24, 2.45) is 11.8 Å². The number of aliphatic carboxylic acids is 1. The van der Waals surface area contributed by atoms with Crippen molar-refractivity contribution >= 4 is 22.0 Å². The van der Waals surface area contributed by atoms with Crippen LogP contribution in [-0.4, -0.2) is 55.6 Å². The van der Waals surface area contributed by atoms with E-state index in [4.69, 9.17) is 9.84 Å². The average Bonchev–Trinajstić information content (AvgIpc) is 3.02. The predicted molar refractivity (Wildman–Crippen MR) is 81.8 cm³/mol. The maximum absolute atomic E-state index is 13.0. The van der Waals surface area contributed by atoms with Gasteiger partial charge in [0.2, 0.25) is 10.0 Å². The molecular weight excluding hydrogens is 379 g/mol. The van der Waals surface area contributed by atoms with Crippen LogP contribution < -0.4 is 0 Å². The van der Waals surface area contributed by atoms with Gasteiger partial charge in [0.25, 0.3) is 0 Å². The lowest BCUT2D eigenvalue weighted by atomic mass is 9.96. The number of carboxylic acid groups (broad SMARTS) is 1. The Hall–Kier alpha value is -2.14. The third-order valence-electron chi connectivity index (χ3n) is 4.01. The zero-order chi connectivity index (χ0) is 19.7. The molecule has 0 saturated carbocycles. The van der Waals surface area contributed by atoms with Gasteiger partial charge in [-0.1, -0.05) is 6.07 Å². The van der Waals surface area contributed by atoms with Gasteiger partial charge in [0, 0.05) is 13.1 Å². The number of ether oxygens (including phenoxy) is 1.